The van der Waals surface area contributed by atoms with Crippen molar-refractivity contribution in [2.75, 3.05) is 13.2 Å². The van der Waals surface area contributed by atoms with E-state index in [1.54, 1.807) is 0 Å². The van der Waals surface area contributed by atoms with E-state index in [1.807, 2.05) is 0 Å². The first-order chi connectivity index (χ1) is 8.07. The normalized spacial score (nSPS) is 22.0. The number of ether oxygens (including phenoxy) is 1. The molecule has 0 saturated heterocycles. The van der Waals surface area contributed by atoms with Gasteiger partial charge in [0.25, 0.3) is 0 Å². The summed E-state index contributed by atoms with van der Waals surface area (Å²) in [6, 6.07) is 2.11. The molecule has 0 heterocycles. The van der Waals surface area contributed by atoms with Gasteiger partial charge in [0.05, 0.1) is 18.8 Å². The highest BCUT2D eigenvalue weighted by molar-refractivity contribution is 4.90. The molecule has 98 valence electrons. The van der Waals surface area contributed by atoms with Gasteiger partial charge >= 0.3 is 0 Å². The molecule has 1 fully saturated rings. The van der Waals surface area contributed by atoms with Crippen LogP contribution in [0, 0.1) is 16.7 Å². The summed E-state index contributed by atoms with van der Waals surface area (Å²) in [6.07, 6.45) is 6.16. The quantitative estimate of drug-likeness (QED) is 0.774. The van der Waals surface area contributed by atoms with Crippen molar-refractivity contribution in [3.05, 3.63) is 0 Å². The van der Waals surface area contributed by atoms with E-state index in [-0.39, 0.29) is 6.04 Å². The average Bonchev–Trinajstić information content (AvgIpc) is 2.31. The summed E-state index contributed by atoms with van der Waals surface area (Å²) in [5, 5.41) is 12.2. The first-order valence-corrected chi connectivity index (χ1v) is 6.82. The van der Waals surface area contributed by atoms with Gasteiger partial charge < -0.3 is 10.1 Å². The second-order valence-electron chi connectivity index (χ2n) is 5.83. The summed E-state index contributed by atoms with van der Waals surface area (Å²) in [5.74, 6) is 0. The van der Waals surface area contributed by atoms with E-state index < -0.39 is 0 Å². The predicted molar refractivity (Wildman–Crippen MR) is 69.7 cm³/mol. The monoisotopic (exact) mass is 238 g/mol. The number of nitrogens with one attached hydrogen (secondary N) is 1. The Balaban J connectivity index is 2.20. The van der Waals surface area contributed by atoms with Gasteiger partial charge in [-0.2, -0.15) is 5.26 Å². The molecule has 1 aliphatic carbocycles. The van der Waals surface area contributed by atoms with Crippen LogP contribution in [0.1, 0.15) is 52.9 Å². The molecule has 3 nitrogen and oxygen atoms in total. The summed E-state index contributed by atoms with van der Waals surface area (Å²) in [5.41, 5.74) is 0.481. The van der Waals surface area contributed by atoms with E-state index in [2.05, 4.69) is 32.2 Å². The lowest BCUT2D eigenvalue weighted by molar-refractivity contribution is -0.0000600. The minimum Gasteiger partial charge on any atom is -0.375 e. The standard InChI is InChI=1S/C14H26N2O/c1-4-9-16-12(10-15)11-17-13-5-7-14(2,3)8-6-13/h12-13,16H,4-9,11H2,1-3H3. The molecule has 0 aliphatic heterocycles. The number of nitrogens with zero attached hydrogens (tertiary/aromatic N) is 1. The molecule has 1 saturated carbocycles. The van der Waals surface area contributed by atoms with Crippen LogP contribution < -0.4 is 5.32 Å². The van der Waals surface area contributed by atoms with Crippen LogP contribution in [-0.2, 0) is 4.74 Å². The van der Waals surface area contributed by atoms with Crippen LogP contribution in [0.25, 0.3) is 0 Å². The molecule has 1 unspecified atom stereocenters. The molecule has 0 radical (unpaired) electrons. The third-order valence-electron chi connectivity index (χ3n) is 3.58. The fraction of sp³-hybridized carbons (Fsp3) is 0.929. The largest absolute Gasteiger partial charge is 0.375 e. The van der Waals surface area contributed by atoms with E-state index >= 15 is 0 Å². The van der Waals surface area contributed by atoms with Gasteiger partial charge in [0, 0.05) is 0 Å². The molecule has 1 rings (SSSR count). The number of nitriles is 1. The van der Waals surface area contributed by atoms with Gasteiger partial charge in [-0.3, -0.25) is 0 Å². The van der Waals surface area contributed by atoms with Crippen molar-refractivity contribution in [3.8, 4) is 6.07 Å². The summed E-state index contributed by atoms with van der Waals surface area (Å²) in [4.78, 5) is 0. The molecule has 0 aromatic carbocycles. The highest BCUT2D eigenvalue weighted by Gasteiger charge is 2.27. The van der Waals surface area contributed by atoms with E-state index in [0.717, 1.165) is 25.8 Å². The SMILES string of the molecule is CCCNC(C#N)COC1CCC(C)(C)CC1. The van der Waals surface area contributed by atoms with Gasteiger partial charge in [-0.15, -0.1) is 0 Å². The molecule has 0 bridgehead atoms. The first kappa shape index (κ1) is 14.5. The van der Waals surface area contributed by atoms with Gasteiger partial charge in [-0.1, -0.05) is 20.8 Å². The van der Waals surface area contributed by atoms with Crippen molar-refractivity contribution >= 4 is 0 Å². The highest BCUT2D eigenvalue weighted by atomic mass is 16.5. The van der Waals surface area contributed by atoms with Gasteiger partial charge in [-0.25, -0.2) is 0 Å². The fourth-order valence-electron chi connectivity index (χ4n) is 2.23. The maximum atomic E-state index is 8.97. The minimum absolute atomic E-state index is 0.148. The Morgan fingerprint density at radius 3 is 2.59 bits per heavy atom. The summed E-state index contributed by atoms with van der Waals surface area (Å²) in [6.45, 7) is 8.17. The number of hydrogen-bond acceptors (Lipinski definition) is 3. The van der Waals surface area contributed by atoms with Gasteiger partial charge in [0.1, 0.15) is 6.04 Å². The molecule has 0 aromatic heterocycles. The van der Waals surface area contributed by atoms with Crippen LogP contribution in [0.15, 0.2) is 0 Å². The lowest BCUT2D eigenvalue weighted by Crippen LogP contribution is -2.35. The molecule has 0 amide bonds. The molecule has 17 heavy (non-hydrogen) atoms. The third kappa shape index (κ3) is 5.52. The maximum absolute atomic E-state index is 8.97. The lowest BCUT2D eigenvalue weighted by atomic mass is 9.76. The van der Waals surface area contributed by atoms with Crippen LogP contribution in [0.4, 0.5) is 0 Å². The Morgan fingerprint density at radius 1 is 1.41 bits per heavy atom. The van der Waals surface area contributed by atoms with Crippen molar-refractivity contribution in [1.29, 1.82) is 5.26 Å². The molecule has 1 N–H and O–H groups in total. The average molecular weight is 238 g/mol. The zero-order valence-electron chi connectivity index (χ0n) is 11.5. The minimum atomic E-state index is -0.148. The topological polar surface area (TPSA) is 45.0 Å². The van der Waals surface area contributed by atoms with Crippen molar-refractivity contribution in [1.82, 2.24) is 5.32 Å². The summed E-state index contributed by atoms with van der Waals surface area (Å²) in [7, 11) is 0. The zero-order valence-corrected chi connectivity index (χ0v) is 11.5. The first-order valence-electron chi connectivity index (χ1n) is 6.82. The van der Waals surface area contributed by atoms with E-state index in [4.69, 9.17) is 10.00 Å². The Bertz CT molecular complexity index is 247. The third-order valence-corrected chi connectivity index (χ3v) is 3.58. The second-order valence-corrected chi connectivity index (χ2v) is 5.83. The van der Waals surface area contributed by atoms with Crippen molar-refractivity contribution in [2.45, 2.75) is 65.0 Å². The van der Waals surface area contributed by atoms with Crippen LogP contribution in [0.2, 0.25) is 0 Å². The number of hydrogen-bond donors (Lipinski definition) is 1. The Morgan fingerprint density at radius 2 is 2.06 bits per heavy atom. The van der Waals surface area contributed by atoms with Crippen molar-refractivity contribution in [2.24, 2.45) is 5.41 Å². The molecule has 0 aromatic rings. The van der Waals surface area contributed by atoms with Gasteiger partial charge in [0.2, 0.25) is 0 Å². The van der Waals surface area contributed by atoms with E-state index in [9.17, 15) is 0 Å². The molecule has 0 spiro atoms. The molecular formula is C14H26N2O. The maximum Gasteiger partial charge on any atom is 0.119 e. The zero-order chi connectivity index (χ0) is 12.7. The van der Waals surface area contributed by atoms with Crippen molar-refractivity contribution < 1.29 is 4.74 Å². The van der Waals surface area contributed by atoms with E-state index in [1.165, 1.54) is 12.8 Å². The predicted octanol–water partition coefficient (Wildman–Crippen LogP) is 2.86. The molecule has 1 aliphatic rings. The van der Waals surface area contributed by atoms with E-state index in [0.29, 0.717) is 18.1 Å². The summed E-state index contributed by atoms with van der Waals surface area (Å²) >= 11 is 0. The van der Waals surface area contributed by atoms with Gasteiger partial charge in [-0.05, 0) is 44.1 Å². The smallest absolute Gasteiger partial charge is 0.119 e. The highest BCUT2D eigenvalue weighted by Crippen LogP contribution is 2.36. The Kier molecular flexibility index (Phi) is 5.94. The molecular weight excluding hydrogens is 212 g/mol. The van der Waals surface area contributed by atoms with Gasteiger partial charge in [0.15, 0.2) is 0 Å². The van der Waals surface area contributed by atoms with Crippen LogP contribution in [0.3, 0.4) is 0 Å². The van der Waals surface area contributed by atoms with Crippen LogP contribution >= 0.6 is 0 Å². The fourth-order valence-corrected chi connectivity index (χ4v) is 2.23. The number of rotatable bonds is 6. The lowest BCUT2D eigenvalue weighted by Gasteiger charge is -2.34. The second kappa shape index (κ2) is 6.98. The molecule has 1 atom stereocenters. The van der Waals surface area contributed by atoms with Crippen LogP contribution in [0.5, 0.6) is 0 Å². The Hall–Kier alpha value is -0.590. The van der Waals surface area contributed by atoms with Crippen LogP contribution in [-0.4, -0.2) is 25.3 Å². The van der Waals surface area contributed by atoms with Crippen molar-refractivity contribution in [3.63, 3.8) is 0 Å². The summed E-state index contributed by atoms with van der Waals surface area (Å²) < 4.78 is 5.84. The molecule has 3 heteroatoms. The Labute approximate surface area is 106 Å².